The highest BCUT2D eigenvalue weighted by molar-refractivity contribution is 6.14. The van der Waals surface area contributed by atoms with Gasteiger partial charge in [-0.3, -0.25) is 4.57 Å². The van der Waals surface area contributed by atoms with Crippen molar-refractivity contribution in [3.8, 4) is 78.9 Å². The van der Waals surface area contributed by atoms with Crippen molar-refractivity contribution in [2.45, 2.75) is 0 Å². The third-order valence-corrected chi connectivity index (χ3v) is 13.2. The molecule has 0 aliphatic rings. The quantitative estimate of drug-likeness (QED) is 0.153. The van der Waals surface area contributed by atoms with Crippen LogP contribution in [0.1, 0.15) is 0 Å². The lowest BCUT2D eigenvalue weighted by molar-refractivity contribution is 0.954. The number of benzene rings is 10. The van der Waals surface area contributed by atoms with Crippen molar-refractivity contribution in [3.63, 3.8) is 0 Å². The summed E-state index contributed by atoms with van der Waals surface area (Å²) in [5.41, 5.74) is 16.5. The van der Waals surface area contributed by atoms with Crippen LogP contribution in [0.25, 0.3) is 123 Å². The van der Waals surface area contributed by atoms with Crippen LogP contribution in [0, 0.1) is 0 Å². The molecule has 0 aliphatic carbocycles. The van der Waals surface area contributed by atoms with E-state index in [1.165, 1.54) is 32.9 Å². The number of nitrogens with zero attached hydrogens (tertiary/aromatic N) is 5. The summed E-state index contributed by atoms with van der Waals surface area (Å²) < 4.78 is 4.63. The second-order valence-corrected chi connectivity index (χ2v) is 17.2. The van der Waals surface area contributed by atoms with Crippen LogP contribution >= 0.6 is 0 Å². The van der Waals surface area contributed by atoms with Gasteiger partial charge >= 0.3 is 0 Å². The van der Waals surface area contributed by atoms with Gasteiger partial charge in [0.25, 0.3) is 0 Å². The molecule has 5 heteroatoms. The zero-order chi connectivity index (χ0) is 45.0. The lowest BCUT2D eigenvalue weighted by atomic mass is 9.95. The van der Waals surface area contributed by atoms with E-state index in [9.17, 15) is 0 Å². The zero-order valence-electron chi connectivity index (χ0n) is 36.9. The molecule has 10 aromatic carbocycles. The summed E-state index contributed by atoms with van der Waals surface area (Å²) >= 11 is 0. The first-order valence-corrected chi connectivity index (χ1v) is 23.0. The molecule has 0 unspecified atom stereocenters. The predicted molar refractivity (Wildman–Crippen MR) is 281 cm³/mol. The number of rotatable bonds is 8. The fraction of sp³-hybridized carbons (Fsp3) is 0. The van der Waals surface area contributed by atoms with Gasteiger partial charge in [0.15, 0.2) is 11.6 Å². The van der Waals surface area contributed by atoms with E-state index in [2.05, 4.69) is 240 Å². The average Bonchev–Trinajstić information content (AvgIpc) is 3.95. The molecule has 68 heavy (non-hydrogen) atoms. The van der Waals surface area contributed by atoms with E-state index in [1.807, 2.05) is 18.2 Å². The van der Waals surface area contributed by atoms with Gasteiger partial charge in [0.1, 0.15) is 0 Å². The van der Waals surface area contributed by atoms with E-state index in [1.54, 1.807) is 0 Å². The largest absolute Gasteiger partial charge is 0.309 e. The first-order valence-electron chi connectivity index (χ1n) is 23.0. The fourth-order valence-electron chi connectivity index (χ4n) is 10.0. The van der Waals surface area contributed by atoms with E-state index in [-0.39, 0.29) is 0 Å². The maximum atomic E-state index is 5.34. The number of hydrogen-bond acceptors (Lipinski definition) is 3. The van der Waals surface area contributed by atoms with Crippen LogP contribution in [0.5, 0.6) is 0 Å². The SMILES string of the molecule is c1ccc(-c2ccc(-n3c4ccccc4c4ccccc43)c(-c3ccc(-c4cccc(-c5nc(-c6ccccc6)nc(-n6c7ccccc7c7cccc(-c8ccccc8)c76)n5)c4)cc3)c2)cc1. The molecule has 0 aliphatic heterocycles. The van der Waals surface area contributed by atoms with Crippen molar-refractivity contribution < 1.29 is 0 Å². The number of aromatic nitrogens is 5. The van der Waals surface area contributed by atoms with E-state index in [4.69, 9.17) is 15.0 Å². The summed E-state index contributed by atoms with van der Waals surface area (Å²) in [6.07, 6.45) is 0. The van der Waals surface area contributed by atoms with Crippen molar-refractivity contribution in [3.05, 3.63) is 249 Å². The summed E-state index contributed by atoms with van der Waals surface area (Å²) in [4.78, 5) is 15.8. The number of fused-ring (bicyclic) bond motifs is 6. The smallest absolute Gasteiger partial charge is 0.238 e. The van der Waals surface area contributed by atoms with Crippen LogP contribution in [-0.4, -0.2) is 24.1 Å². The highest BCUT2D eigenvalue weighted by Crippen LogP contribution is 2.41. The molecule has 13 aromatic rings. The Bertz CT molecular complexity index is 3950. The first-order chi connectivity index (χ1) is 33.7. The highest BCUT2D eigenvalue weighted by atomic mass is 15.2. The molecule has 0 spiro atoms. The van der Waals surface area contributed by atoms with Gasteiger partial charge in [0.05, 0.1) is 27.8 Å². The van der Waals surface area contributed by atoms with E-state index >= 15 is 0 Å². The number of hydrogen-bond donors (Lipinski definition) is 0. The Morgan fingerprint density at radius 2 is 0.676 bits per heavy atom. The molecule has 0 saturated heterocycles. The molecular weight excluding hydrogens is 827 g/mol. The van der Waals surface area contributed by atoms with Crippen molar-refractivity contribution in [2.24, 2.45) is 0 Å². The summed E-state index contributed by atoms with van der Waals surface area (Å²) in [5.74, 6) is 1.78. The van der Waals surface area contributed by atoms with E-state index in [0.717, 1.165) is 72.0 Å². The predicted octanol–water partition coefficient (Wildman–Crippen LogP) is 16.1. The van der Waals surface area contributed by atoms with Gasteiger partial charge in [-0.2, -0.15) is 9.97 Å². The standard InChI is InChI=1S/C63H41N5/c1-4-18-42(19-5-1)48-38-39-59(67-56-31-13-10-26-51(56)52-27-11-14-32-57(52)67)55(41-48)45-36-34-43(35-37-45)47-24-16-25-49(40-47)62-64-61(46-22-8-3-9-23-46)65-63(66-62)68-58-33-15-12-28-53(58)54-30-17-29-50(60(54)68)44-20-6-2-7-21-44/h1-41H. The summed E-state index contributed by atoms with van der Waals surface area (Å²) in [7, 11) is 0. The van der Waals surface area contributed by atoms with Crippen LogP contribution in [-0.2, 0) is 0 Å². The molecule has 0 radical (unpaired) electrons. The Morgan fingerprint density at radius 1 is 0.250 bits per heavy atom. The Hall–Kier alpha value is -9.19. The molecule has 0 atom stereocenters. The Labute approximate surface area is 393 Å². The molecule has 3 aromatic heterocycles. The van der Waals surface area contributed by atoms with Gasteiger partial charge in [-0.05, 0) is 69.8 Å². The summed E-state index contributed by atoms with van der Waals surface area (Å²) in [6.45, 7) is 0. The van der Waals surface area contributed by atoms with E-state index in [0.29, 0.717) is 17.6 Å². The van der Waals surface area contributed by atoms with Crippen molar-refractivity contribution >= 4 is 43.6 Å². The number of para-hydroxylation sites is 4. The Balaban J connectivity index is 0.945. The molecule has 13 rings (SSSR count). The maximum absolute atomic E-state index is 5.34. The fourth-order valence-corrected chi connectivity index (χ4v) is 10.0. The van der Waals surface area contributed by atoms with Crippen molar-refractivity contribution in [1.82, 2.24) is 24.1 Å². The third-order valence-electron chi connectivity index (χ3n) is 13.2. The first kappa shape index (κ1) is 39.2. The monoisotopic (exact) mass is 867 g/mol. The lowest BCUT2D eigenvalue weighted by Gasteiger charge is -2.16. The maximum Gasteiger partial charge on any atom is 0.238 e. The van der Waals surface area contributed by atoms with Crippen molar-refractivity contribution in [1.29, 1.82) is 0 Å². The van der Waals surface area contributed by atoms with Gasteiger partial charge in [-0.1, -0.05) is 212 Å². The lowest BCUT2D eigenvalue weighted by Crippen LogP contribution is -2.07. The van der Waals surface area contributed by atoms with Crippen LogP contribution in [0.4, 0.5) is 0 Å². The molecule has 5 nitrogen and oxygen atoms in total. The van der Waals surface area contributed by atoms with Gasteiger partial charge < -0.3 is 4.57 Å². The van der Waals surface area contributed by atoms with Crippen molar-refractivity contribution in [2.75, 3.05) is 0 Å². The van der Waals surface area contributed by atoms with Gasteiger partial charge in [0, 0.05) is 43.8 Å². The van der Waals surface area contributed by atoms with Crippen LogP contribution in [0.15, 0.2) is 249 Å². The third kappa shape index (κ3) is 6.68. The van der Waals surface area contributed by atoms with Gasteiger partial charge in [-0.25, -0.2) is 4.98 Å². The molecule has 0 bridgehead atoms. The van der Waals surface area contributed by atoms with Crippen LogP contribution in [0.2, 0.25) is 0 Å². The van der Waals surface area contributed by atoms with Gasteiger partial charge in [0.2, 0.25) is 5.95 Å². The Morgan fingerprint density at radius 3 is 1.34 bits per heavy atom. The zero-order valence-corrected chi connectivity index (χ0v) is 36.9. The van der Waals surface area contributed by atoms with Crippen LogP contribution < -0.4 is 0 Å². The topological polar surface area (TPSA) is 48.5 Å². The van der Waals surface area contributed by atoms with E-state index < -0.39 is 0 Å². The molecule has 3 heterocycles. The highest BCUT2D eigenvalue weighted by Gasteiger charge is 2.21. The minimum atomic E-state index is 0.565. The normalized spacial score (nSPS) is 11.5. The summed E-state index contributed by atoms with van der Waals surface area (Å²) in [6, 6.07) is 88.2. The molecule has 0 fully saturated rings. The molecule has 318 valence electrons. The Kier molecular flexibility index (Phi) is 9.43. The summed E-state index contributed by atoms with van der Waals surface area (Å²) in [5, 5.41) is 4.77. The van der Waals surface area contributed by atoms with Crippen LogP contribution in [0.3, 0.4) is 0 Å². The minimum Gasteiger partial charge on any atom is -0.309 e. The van der Waals surface area contributed by atoms with Gasteiger partial charge in [-0.15, -0.1) is 0 Å². The second kappa shape index (κ2) is 16.4. The molecule has 0 saturated carbocycles. The molecule has 0 amide bonds. The average molecular weight is 868 g/mol. The molecule has 0 N–H and O–H groups in total. The second-order valence-electron chi connectivity index (χ2n) is 17.2. The molecular formula is C63H41N5. The minimum absolute atomic E-state index is 0.565.